The predicted octanol–water partition coefficient (Wildman–Crippen LogP) is 3.31. The van der Waals surface area contributed by atoms with Gasteiger partial charge in [0.15, 0.2) is 0 Å². The first kappa shape index (κ1) is 19.1. The van der Waals surface area contributed by atoms with E-state index in [0.29, 0.717) is 6.54 Å². The van der Waals surface area contributed by atoms with Gasteiger partial charge in [0, 0.05) is 37.6 Å². The van der Waals surface area contributed by atoms with Crippen molar-refractivity contribution in [3.63, 3.8) is 0 Å². The maximum absolute atomic E-state index is 12.4. The lowest BCUT2D eigenvalue weighted by Gasteiger charge is -2.34. The Hall–Kier alpha value is -1.69. The standard InChI is InChI=1S/C21H29N3OS/c1-3-18-6-8-19(9-7-18)17(2)22-21(25)16-24-12-10-23(11-13-24)15-20-5-4-14-26-20/h4-9,14,17H,3,10-13,15-16H2,1-2H3,(H,22,25)/t17-/m1/s1. The highest BCUT2D eigenvalue weighted by molar-refractivity contribution is 7.09. The first-order valence-electron chi connectivity index (χ1n) is 9.49. The maximum atomic E-state index is 12.4. The minimum atomic E-state index is 0.0496. The highest BCUT2D eigenvalue weighted by Gasteiger charge is 2.20. The van der Waals surface area contributed by atoms with E-state index < -0.39 is 0 Å². The Morgan fingerprint density at radius 2 is 1.81 bits per heavy atom. The summed E-state index contributed by atoms with van der Waals surface area (Å²) in [6, 6.07) is 12.9. The molecule has 1 atom stereocenters. The number of benzene rings is 1. The van der Waals surface area contributed by atoms with Crippen LogP contribution in [0.4, 0.5) is 0 Å². The van der Waals surface area contributed by atoms with Gasteiger partial charge in [0.2, 0.25) is 5.91 Å². The van der Waals surface area contributed by atoms with Crippen LogP contribution in [0.1, 0.15) is 35.9 Å². The van der Waals surface area contributed by atoms with E-state index in [0.717, 1.165) is 44.7 Å². The second-order valence-electron chi connectivity index (χ2n) is 7.02. The van der Waals surface area contributed by atoms with Gasteiger partial charge in [-0.3, -0.25) is 14.6 Å². The molecule has 3 rings (SSSR count). The molecule has 1 aromatic carbocycles. The Balaban J connectivity index is 1.40. The fourth-order valence-electron chi connectivity index (χ4n) is 3.34. The van der Waals surface area contributed by atoms with Gasteiger partial charge in [-0.2, -0.15) is 0 Å². The Bertz CT molecular complexity index is 676. The summed E-state index contributed by atoms with van der Waals surface area (Å²) in [7, 11) is 0. The molecule has 0 radical (unpaired) electrons. The molecule has 0 saturated carbocycles. The van der Waals surface area contributed by atoms with Crippen LogP contribution in [-0.4, -0.2) is 48.4 Å². The topological polar surface area (TPSA) is 35.6 Å². The molecule has 1 aliphatic heterocycles. The molecule has 1 N–H and O–H groups in total. The molecule has 1 aliphatic rings. The Morgan fingerprint density at radius 3 is 2.42 bits per heavy atom. The van der Waals surface area contributed by atoms with Gasteiger partial charge in [0.25, 0.3) is 0 Å². The predicted molar refractivity (Wildman–Crippen MR) is 108 cm³/mol. The lowest BCUT2D eigenvalue weighted by molar-refractivity contribution is -0.123. The third kappa shape index (κ3) is 5.40. The normalized spacial score (nSPS) is 17.2. The lowest BCUT2D eigenvalue weighted by Crippen LogP contribution is -2.49. The second-order valence-corrected chi connectivity index (χ2v) is 8.05. The van der Waals surface area contributed by atoms with Gasteiger partial charge in [-0.15, -0.1) is 11.3 Å². The van der Waals surface area contributed by atoms with Crippen molar-refractivity contribution in [3.8, 4) is 0 Å². The molecule has 2 heterocycles. The molecule has 0 bridgehead atoms. The molecule has 0 spiro atoms. The molecule has 2 aromatic rings. The number of rotatable bonds is 7. The monoisotopic (exact) mass is 371 g/mol. The van der Waals surface area contributed by atoms with Crippen LogP contribution >= 0.6 is 11.3 Å². The van der Waals surface area contributed by atoms with Crippen LogP contribution in [0.2, 0.25) is 0 Å². The summed E-state index contributed by atoms with van der Waals surface area (Å²) in [5.41, 5.74) is 2.49. The molecule has 4 nitrogen and oxygen atoms in total. The van der Waals surface area contributed by atoms with Crippen LogP contribution in [0.25, 0.3) is 0 Å². The maximum Gasteiger partial charge on any atom is 0.234 e. The van der Waals surface area contributed by atoms with Gasteiger partial charge in [-0.25, -0.2) is 0 Å². The van der Waals surface area contributed by atoms with E-state index >= 15 is 0 Å². The smallest absolute Gasteiger partial charge is 0.234 e. The van der Waals surface area contributed by atoms with Crippen molar-refractivity contribution >= 4 is 17.2 Å². The zero-order chi connectivity index (χ0) is 18.4. The molecule has 26 heavy (non-hydrogen) atoms. The van der Waals surface area contributed by atoms with Crippen LogP contribution in [0.15, 0.2) is 41.8 Å². The first-order chi connectivity index (χ1) is 12.6. The van der Waals surface area contributed by atoms with Crippen molar-refractivity contribution in [1.29, 1.82) is 0 Å². The van der Waals surface area contributed by atoms with Crippen molar-refractivity contribution in [2.24, 2.45) is 0 Å². The number of aryl methyl sites for hydroxylation is 1. The van der Waals surface area contributed by atoms with Crippen molar-refractivity contribution in [3.05, 3.63) is 57.8 Å². The number of carbonyl (C=O) groups is 1. The summed E-state index contributed by atoms with van der Waals surface area (Å²) < 4.78 is 0. The molecule has 0 unspecified atom stereocenters. The summed E-state index contributed by atoms with van der Waals surface area (Å²) in [6.45, 7) is 9.69. The van der Waals surface area contributed by atoms with Crippen molar-refractivity contribution in [2.75, 3.05) is 32.7 Å². The quantitative estimate of drug-likeness (QED) is 0.811. The average Bonchev–Trinajstić information content (AvgIpc) is 3.16. The molecular weight excluding hydrogens is 342 g/mol. The molecule has 0 aliphatic carbocycles. The second kappa shape index (κ2) is 9.31. The average molecular weight is 372 g/mol. The summed E-state index contributed by atoms with van der Waals surface area (Å²) >= 11 is 1.82. The fourth-order valence-corrected chi connectivity index (χ4v) is 4.09. The van der Waals surface area contributed by atoms with E-state index in [2.05, 4.69) is 70.7 Å². The van der Waals surface area contributed by atoms with E-state index in [1.165, 1.54) is 10.4 Å². The van der Waals surface area contributed by atoms with Crippen LogP contribution in [0.5, 0.6) is 0 Å². The van der Waals surface area contributed by atoms with E-state index in [1.54, 1.807) is 0 Å². The van der Waals surface area contributed by atoms with Crippen LogP contribution in [0.3, 0.4) is 0 Å². The number of thiophene rings is 1. The van der Waals surface area contributed by atoms with Gasteiger partial charge >= 0.3 is 0 Å². The van der Waals surface area contributed by atoms with Gasteiger partial charge < -0.3 is 5.32 Å². The lowest BCUT2D eigenvalue weighted by atomic mass is 10.1. The van der Waals surface area contributed by atoms with E-state index in [9.17, 15) is 4.79 Å². The van der Waals surface area contributed by atoms with Gasteiger partial charge in [-0.1, -0.05) is 37.3 Å². The molecule has 1 aromatic heterocycles. The van der Waals surface area contributed by atoms with Crippen LogP contribution < -0.4 is 5.32 Å². The molecule has 1 fully saturated rings. The SMILES string of the molecule is CCc1ccc([C@@H](C)NC(=O)CN2CCN(Cc3cccs3)CC2)cc1. The number of hydrogen-bond acceptors (Lipinski definition) is 4. The molecule has 5 heteroatoms. The summed E-state index contributed by atoms with van der Waals surface area (Å²) in [5.74, 6) is 0.115. The molecule has 1 amide bonds. The van der Waals surface area contributed by atoms with Gasteiger partial charge in [-0.05, 0) is 35.9 Å². The molecular formula is C21H29N3OS. The Morgan fingerprint density at radius 1 is 1.12 bits per heavy atom. The van der Waals surface area contributed by atoms with Crippen molar-refractivity contribution in [1.82, 2.24) is 15.1 Å². The molecule has 1 saturated heterocycles. The van der Waals surface area contributed by atoms with Gasteiger partial charge in [0.05, 0.1) is 12.6 Å². The number of nitrogens with one attached hydrogen (secondary N) is 1. The van der Waals surface area contributed by atoms with E-state index in [4.69, 9.17) is 0 Å². The number of nitrogens with zero attached hydrogens (tertiary/aromatic N) is 2. The Kier molecular flexibility index (Phi) is 6.83. The number of carbonyl (C=O) groups excluding carboxylic acids is 1. The molecule has 140 valence electrons. The first-order valence-corrected chi connectivity index (χ1v) is 10.4. The minimum Gasteiger partial charge on any atom is -0.348 e. The third-order valence-electron chi connectivity index (χ3n) is 5.06. The third-order valence-corrected chi connectivity index (χ3v) is 5.92. The zero-order valence-electron chi connectivity index (χ0n) is 15.8. The summed E-state index contributed by atoms with van der Waals surface area (Å²) in [5, 5.41) is 5.27. The van der Waals surface area contributed by atoms with Crippen molar-refractivity contribution in [2.45, 2.75) is 32.9 Å². The van der Waals surface area contributed by atoms with Gasteiger partial charge in [0.1, 0.15) is 0 Å². The van der Waals surface area contributed by atoms with Crippen LogP contribution in [0, 0.1) is 0 Å². The minimum absolute atomic E-state index is 0.0496. The number of hydrogen-bond donors (Lipinski definition) is 1. The number of piperazine rings is 1. The van der Waals surface area contributed by atoms with E-state index in [-0.39, 0.29) is 11.9 Å². The largest absolute Gasteiger partial charge is 0.348 e. The summed E-state index contributed by atoms with van der Waals surface area (Å²) in [6.07, 6.45) is 1.04. The Labute approximate surface area is 160 Å². The summed E-state index contributed by atoms with van der Waals surface area (Å²) in [4.78, 5) is 18.5. The van der Waals surface area contributed by atoms with E-state index in [1.807, 2.05) is 11.3 Å². The highest BCUT2D eigenvalue weighted by Crippen LogP contribution is 2.15. The van der Waals surface area contributed by atoms with Crippen molar-refractivity contribution < 1.29 is 4.79 Å². The fraction of sp³-hybridized carbons (Fsp3) is 0.476. The highest BCUT2D eigenvalue weighted by atomic mass is 32.1. The zero-order valence-corrected chi connectivity index (χ0v) is 16.6. The van der Waals surface area contributed by atoms with Crippen LogP contribution in [-0.2, 0) is 17.8 Å². The number of amides is 1.